The molecule has 1 amide bonds. The van der Waals surface area contributed by atoms with Crippen molar-refractivity contribution in [1.29, 1.82) is 0 Å². The van der Waals surface area contributed by atoms with E-state index in [1.54, 1.807) is 6.20 Å². The van der Waals surface area contributed by atoms with E-state index >= 15 is 0 Å². The Hall–Kier alpha value is -1.89. The fraction of sp³-hybridized carbons (Fsp3) is 0.706. The van der Waals surface area contributed by atoms with Crippen LogP contribution in [0.15, 0.2) is 12.4 Å². The summed E-state index contributed by atoms with van der Waals surface area (Å²) in [6.45, 7) is 6.28. The molecule has 1 saturated heterocycles. The summed E-state index contributed by atoms with van der Waals surface area (Å²) in [5.74, 6) is 0.539. The van der Waals surface area contributed by atoms with E-state index in [9.17, 15) is 9.59 Å². The molecule has 0 aromatic carbocycles. The van der Waals surface area contributed by atoms with Crippen molar-refractivity contribution in [2.24, 2.45) is 5.92 Å². The van der Waals surface area contributed by atoms with Crippen LogP contribution in [0.1, 0.15) is 38.4 Å². The number of aromatic nitrogens is 2. The molecule has 2 rings (SSSR count). The third-order valence-electron chi connectivity index (χ3n) is 4.61. The summed E-state index contributed by atoms with van der Waals surface area (Å²) in [4.78, 5) is 29.2. The highest BCUT2D eigenvalue weighted by molar-refractivity contribution is 5.76. The number of aliphatic carboxylic acids is 1. The molecule has 2 heterocycles. The van der Waals surface area contributed by atoms with Crippen LogP contribution < -0.4 is 5.32 Å². The van der Waals surface area contributed by atoms with Gasteiger partial charge in [0.05, 0.1) is 6.54 Å². The number of hydrogen-bond donors (Lipinski definition) is 2. The summed E-state index contributed by atoms with van der Waals surface area (Å²) in [6.07, 6.45) is 6.98. The van der Waals surface area contributed by atoms with E-state index in [4.69, 9.17) is 5.11 Å². The molecule has 1 aromatic heterocycles. The lowest BCUT2D eigenvalue weighted by molar-refractivity contribution is -0.138. The predicted molar refractivity (Wildman–Crippen MR) is 90.6 cm³/mol. The Bertz CT molecular complexity index is 558. The maximum atomic E-state index is 12.2. The van der Waals surface area contributed by atoms with E-state index in [2.05, 4.69) is 17.2 Å². The number of imidazole rings is 1. The van der Waals surface area contributed by atoms with Crippen LogP contribution in [0.2, 0.25) is 0 Å². The quantitative estimate of drug-likeness (QED) is 0.709. The Kier molecular flexibility index (Phi) is 6.78. The first kappa shape index (κ1) is 18.4. The average molecular weight is 336 g/mol. The Balaban J connectivity index is 1.78. The van der Waals surface area contributed by atoms with Crippen molar-refractivity contribution in [3.63, 3.8) is 0 Å². The summed E-state index contributed by atoms with van der Waals surface area (Å²) in [5.41, 5.74) is 0. The van der Waals surface area contributed by atoms with Crippen LogP contribution in [0, 0.1) is 12.8 Å². The first-order valence-corrected chi connectivity index (χ1v) is 8.70. The summed E-state index contributed by atoms with van der Waals surface area (Å²) in [5, 5.41) is 12.1. The predicted octanol–water partition coefficient (Wildman–Crippen LogP) is 1.27. The van der Waals surface area contributed by atoms with Gasteiger partial charge in [-0.05, 0) is 25.7 Å². The molecular weight excluding hydrogens is 308 g/mol. The van der Waals surface area contributed by atoms with Crippen LogP contribution in [-0.2, 0) is 16.1 Å². The van der Waals surface area contributed by atoms with Crippen molar-refractivity contribution in [2.45, 2.75) is 52.1 Å². The second kappa shape index (κ2) is 8.82. The van der Waals surface area contributed by atoms with Gasteiger partial charge in [-0.1, -0.05) is 13.3 Å². The molecule has 7 nitrogen and oxygen atoms in total. The van der Waals surface area contributed by atoms with E-state index in [-0.39, 0.29) is 18.5 Å². The third kappa shape index (κ3) is 5.33. The standard InChI is InChI=1S/C17H28N4O3/c1-3-5-14-10-20(12-17(23)24)11-15(14)19-16(22)6-4-8-21-9-7-18-13(21)2/h7,9,14-15H,3-6,8,10-12H2,1-2H3,(H,19,22)(H,23,24)/t14-,15-/m0/s1. The highest BCUT2D eigenvalue weighted by Gasteiger charge is 2.33. The van der Waals surface area contributed by atoms with Gasteiger partial charge in [0.2, 0.25) is 5.91 Å². The van der Waals surface area contributed by atoms with Crippen LogP contribution in [0.4, 0.5) is 0 Å². The van der Waals surface area contributed by atoms with Crippen LogP contribution in [0.3, 0.4) is 0 Å². The maximum absolute atomic E-state index is 12.2. The van der Waals surface area contributed by atoms with Gasteiger partial charge in [0.1, 0.15) is 5.82 Å². The lowest BCUT2D eigenvalue weighted by atomic mass is 9.98. The summed E-state index contributed by atoms with van der Waals surface area (Å²) < 4.78 is 2.04. The third-order valence-corrected chi connectivity index (χ3v) is 4.61. The first-order chi connectivity index (χ1) is 11.5. The molecular formula is C17H28N4O3. The van der Waals surface area contributed by atoms with Crippen molar-refractivity contribution in [2.75, 3.05) is 19.6 Å². The smallest absolute Gasteiger partial charge is 0.317 e. The monoisotopic (exact) mass is 336 g/mol. The van der Waals surface area contributed by atoms with Crippen molar-refractivity contribution in [3.05, 3.63) is 18.2 Å². The van der Waals surface area contributed by atoms with Gasteiger partial charge in [0.15, 0.2) is 0 Å². The lowest BCUT2D eigenvalue weighted by Crippen LogP contribution is -2.40. The minimum atomic E-state index is -0.812. The van der Waals surface area contributed by atoms with Gasteiger partial charge >= 0.3 is 5.97 Å². The minimum Gasteiger partial charge on any atom is -0.480 e. The molecule has 134 valence electrons. The number of nitrogens with zero attached hydrogens (tertiary/aromatic N) is 3. The van der Waals surface area contributed by atoms with Gasteiger partial charge in [-0.25, -0.2) is 4.98 Å². The molecule has 1 aliphatic heterocycles. The Morgan fingerprint density at radius 3 is 2.83 bits per heavy atom. The number of amides is 1. The SMILES string of the molecule is CCC[C@H]1CN(CC(=O)O)C[C@@H]1NC(=O)CCCn1ccnc1C. The van der Waals surface area contributed by atoms with Crippen molar-refractivity contribution in [1.82, 2.24) is 19.8 Å². The van der Waals surface area contributed by atoms with E-state index in [0.717, 1.165) is 38.2 Å². The van der Waals surface area contributed by atoms with E-state index in [0.29, 0.717) is 18.9 Å². The number of carboxylic acid groups (broad SMARTS) is 1. The molecule has 0 saturated carbocycles. The maximum Gasteiger partial charge on any atom is 0.317 e. The Morgan fingerprint density at radius 1 is 1.42 bits per heavy atom. The summed E-state index contributed by atoms with van der Waals surface area (Å²) in [7, 11) is 0. The molecule has 1 aromatic rings. The normalized spacial score (nSPS) is 21.1. The number of hydrogen-bond acceptors (Lipinski definition) is 4. The van der Waals surface area contributed by atoms with E-state index in [1.807, 2.05) is 22.6 Å². The van der Waals surface area contributed by atoms with Gasteiger partial charge in [-0.2, -0.15) is 0 Å². The van der Waals surface area contributed by atoms with Crippen LogP contribution in [0.5, 0.6) is 0 Å². The second-order valence-corrected chi connectivity index (χ2v) is 6.58. The fourth-order valence-corrected chi connectivity index (χ4v) is 3.44. The second-order valence-electron chi connectivity index (χ2n) is 6.58. The Labute approximate surface area is 143 Å². The van der Waals surface area contributed by atoms with Crippen molar-refractivity contribution >= 4 is 11.9 Å². The zero-order chi connectivity index (χ0) is 17.5. The van der Waals surface area contributed by atoms with Gasteiger partial charge in [0, 0.05) is 44.5 Å². The summed E-state index contributed by atoms with van der Waals surface area (Å²) in [6, 6.07) is 0.0618. The first-order valence-electron chi connectivity index (χ1n) is 8.70. The molecule has 0 spiro atoms. The molecule has 0 unspecified atom stereocenters. The number of carboxylic acids is 1. The van der Waals surface area contributed by atoms with Gasteiger partial charge in [-0.3, -0.25) is 14.5 Å². The van der Waals surface area contributed by atoms with Gasteiger partial charge < -0.3 is 15.0 Å². The molecule has 1 aliphatic rings. The molecule has 0 aliphatic carbocycles. The molecule has 24 heavy (non-hydrogen) atoms. The molecule has 7 heteroatoms. The van der Waals surface area contributed by atoms with Crippen molar-refractivity contribution < 1.29 is 14.7 Å². The number of nitrogens with one attached hydrogen (secondary N) is 1. The average Bonchev–Trinajstić information content (AvgIpc) is 3.06. The topological polar surface area (TPSA) is 87.5 Å². The fourth-order valence-electron chi connectivity index (χ4n) is 3.44. The van der Waals surface area contributed by atoms with E-state index < -0.39 is 5.97 Å². The molecule has 1 fully saturated rings. The van der Waals surface area contributed by atoms with Gasteiger partial charge in [-0.15, -0.1) is 0 Å². The number of likely N-dealkylation sites (tertiary alicyclic amines) is 1. The number of carbonyl (C=O) groups is 2. The van der Waals surface area contributed by atoms with Crippen LogP contribution in [0.25, 0.3) is 0 Å². The zero-order valence-corrected chi connectivity index (χ0v) is 14.6. The van der Waals surface area contributed by atoms with E-state index in [1.165, 1.54) is 0 Å². The lowest BCUT2D eigenvalue weighted by Gasteiger charge is -2.19. The Morgan fingerprint density at radius 2 is 2.21 bits per heavy atom. The number of aryl methyl sites for hydroxylation is 2. The molecule has 2 atom stereocenters. The molecule has 0 bridgehead atoms. The highest BCUT2D eigenvalue weighted by atomic mass is 16.4. The van der Waals surface area contributed by atoms with Crippen LogP contribution in [-0.4, -0.2) is 57.1 Å². The molecule has 2 N–H and O–H groups in total. The highest BCUT2D eigenvalue weighted by Crippen LogP contribution is 2.21. The van der Waals surface area contributed by atoms with Gasteiger partial charge in [0.25, 0.3) is 0 Å². The van der Waals surface area contributed by atoms with Crippen molar-refractivity contribution in [3.8, 4) is 0 Å². The zero-order valence-electron chi connectivity index (χ0n) is 14.6. The largest absolute Gasteiger partial charge is 0.480 e. The molecule has 0 radical (unpaired) electrons. The number of carbonyl (C=O) groups excluding carboxylic acids is 1. The van der Waals surface area contributed by atoms with Crippen LogP contribution >= 0.6 is 0 Å². The number of rotatable bonds is 9. The minimum absolute atomic E-state index is 0.0481. The summed E-state index contributed by atoms with van der Waals surface area (Å²) >= 11 is 0.